The van der Waals surface area contributed by atoms with Gasteiger partial charge in [0.15, 0.2) is 0 Å². The lowest BCUT2D eigenvalue weighted by atomic mass is 9.87. The Labute approximate surface area is 125 Å². The number of aromatic hydroxyl groups is 1. The van der Waals surface area contributed by atoms with Crippen LogP contribution in [0, 0.1) is 0 Å². The van der Waals surface area contributed by atoms with Gasteiger partial charge in [0.05, 0.1) is 0 Å². The molecule has 116 valence electrons. The van der Waals surface area contributed by atoms with Crippen LogP contribution in [0.4, 0.5) is 4.79 Å². The fraction of sp³-hybridized carbons (Fsp3) is 0.562. The van der Waals surface area contributed by atoms with Gasteiger partial charge < -0.3 is 20.5 Å². The standard InChI is InChI=1S/C16H24N2O3/c1-16(2,3)21-15(20)18-13-8-12(9-13)17-10-11-4-6-14(19)7-5-11/h4-7,12-13,17,19H,8-10H2,1-3H3,(H,18,20). The van der Waals surface area contributed by atoms with Gasteiger partial charge in [-0.15, -0.1) is 0 Å². The number of carbonyl (C=O) groups excluding carboxylic acids is 1. The van der Waals surface area contributed by atoms with Crippen LogP contribution in [0.5, 0.6) is 5.75 Å². The van der Waals surface area contributed by atoms with E-state index in [0.717, 1.165) is 24.9 Å². The van der Waals surface area contributed by atoms with Crippen LogP contribution in [0.15, 0.2) is 24.3 Å². The van der Waals surface area contributed by atoms with E-state index in [-0.39, 0.29) is 17.9 Å². The summed E-state index contributed by atoms with van der Waals surface area (Å²) in [7, 11) is 0. The van der Waals surface area contributed by atoms with E-state index in [9.17, 15) is 9.90 Å². The molecular weight excluding hydrogens is 268 g/mol. The SMILES string of the molecule is CC(C)(C)OC(=O)NC1CC(NCc2ccc(O)cc2)C1. The summed E-state index contributed by atoms with van der Waals surface area (Å²) >= 11 is 0. The highest BCUT2D eigenvalue weighted by atomic mass is 16.6. The van der Waals surface area contributed by atoms with Crippen LogP contribution >= 0.6 is 0 Å². The number of benzene rings is 1. The van der Waals surface area contributed by atoms with E-state index in [1.165, 1.54) is 0 Å². The van der Waals surface area contributed by atoms with Crippen molar-refractivity contribution in [3.63, 3.8) is 0 Å². The molecule has 1 saturated carbocycles. The second kappa shape index (κ2) is 6.35. The molecule has 0 bridgehead atoms. The Morgan fingerprint density at radius 1 is 1.24 bits per heavy atom. The minimum absolute atomic E-state index is 0.192. The lowest BCUT2D eigenvalue weighted by Gasteiger charge is -2.36. The minimum Gasteiger partial charge on any atom is -0.508 e. The third-order valence-corrected chi connectivity index (χ3v) is 3.39. The predicted molar refractivity (Wildman–Crippen MR) is 81.1 cm³/mol. The average molecular weight is 292 g/mol. The smallest absolute Gasteiger partial charge is 0.407 e. The molecule has 0 spiro atoms. The lowest BCUT2D eigenvalue weighted by Crippen LogP contribution is -2.52. The summed E-state index contributed by atoms with van der Waals surface area (Å²) in [4.78, 5) is 11.6. The van der Waals surface area contributed by atoms with Crippen molar-refractivity contribution < 1.29 is 14.6 Å². The Hall–Kier alpha value is -1.75. The van der Waals surface area contributed by atoms with Gasteiger partial charge in [0, 0.05) is 18.6 Å². The monoisotopic (exact) mass is 292 g/mol. The molecule has 1 aromatic rings. The number of hydrogen-bond acceptors (Lipinski definition) is 4. The maximum absolute atomic E-state index is 11.6. The summed E-state index contributed by atoms with van der Waals surface area (Å²) in [5, 5.41) is 15.5. The van der Waals surface area contributed by atoms with Gasteiger partial charge >= 0.3 is 6.09 Å². The van der Waals surface area contributed by atoms with Crippen molar-refractivity contribution in [1.82, 2.24) is 10.6 Å². The molecule has 0 aliphatic heterocycles. The molecule has 0 aromatic heterocycles. The van der Waals surface area contributed by atoms with Crippen molar-refractivity contribution in [2.75, 3.05) is 0 Å². The number of rotatable bonds is 4. The van der Waals surface area contributed by atoms with E-state index in [1.807, 2.05) is 32.9 Å². The highest BCUT2D eigenvalue weighted by Crippen LogP contribution is 2.21. The maximum atomic E-state index is 11.6. The summed E-state index contributed by atoms with van der Waals surface area (Å²) in [6.45, 7) is 6.34. The van der Waals surface area contributed by atoms with Gasteiger partial charge in [0.25, 0.3) is 0 Å². The summed E-state index contributed by atoms with van der Waals surface area (Å²) in [5.74, 6) is 0.281. The van der Waals surface area contributed by atoms with E-state index >= 15 is 0 Å². The number of carbonyl (C=O) groups is 1. The zero-order valence-corrected chi connectivity index (χ0v) is 12.8. The Kier molecular flexibility index (Phi) is 4.73. The lowest BCUT2D eigenvalue weighted by molar-refractivity contribution is 0.0465. The molecule has 1 aromatic carbocycles. The van der Waals surface area contributed by atoms with Crippen molar-refractivity contribution in [1.29, 1.82) is 0 Å². The number of ether oxygens (including phenoxy) is 1. The number of nitrogens with one attached hydrogen (secondary N) is 2. The summed E-state index contributed by atoms with van der Waals surface area (Å²) in [6, 6.07) is 7.78. The van der Waals surface area contributed by atoms with Crippen LogP contribution in [0.2, 0.25) is 0 Å². The molecule has 0 unspecified atom stereocenters. The van der Waals surface area contributed by atoms with Gasteiger partial charge in [-0.2, -0.15) is 0 Å². The Bertz CT molecular complexity index is 473. The Balaban J connectivity index is 1.63. The van der Waals surface area contributed by atoms with Gasteiger partial charge in [-0.3, -0.25) is 0 Å². The van der Waals surface area contributed by atoms with Crippen LogP contribution < -0.4 is 10.6 Å². The van der Waals surface area contributed by atoms with Gasteiger partial charge in [0.2, 0.25) is 0 Å². The highest BCUT2D eigenvalue weighted by molar-refractivity contribution is 5.68. The van der Waals surface area contributed by atoms with Gasteiger partial charge in [-0.05, 0) is 51.3 Å². The normalized spacial score (nSPS) is 21.5. The highest BCUT2D eigenvalue weighted by Gasteiger charge is 2.31. The van der Waals surface area contributed by atoms with Gasteiger partial charge in [-0.1, -0.05) is 12.1 Å². The zero-order valence-electron chi connectivity index (χ0n) is 12.8. The van der Waals surface area contributed by atoms with Crippen molar-refractivity contribution in [3.8, 4) is 5.75 Å². The molecule has 5 nitrogen and oxygen atoms in total. The van der Waals surface area contributed by atoms with E-state index in [4.69, 9.17) is 4.74 Å². The Morgan fingerprint density at radius 2 is 1.86 bits per heavy atom. The first-order valence-electron chi connectivity index (χ1n) is 7.32. The first-order chi connectivity index (χ1) is 9.82. The van der Waals surface area contributed by atoms with Crippen LogP contribution in [-0.2, 0) is 11.3 Å². The first-order valence-corrected chi connectivity index (χ1v) is 7.32. The number of phenols is 1. The summed E-state index contributed by atoms with van der Waals surface area (Å²) in [6.07, 6.45) is 1.48. The van der Waals surface area contributed by atoms with E-state index in [0.29, 0.717) is 6.04 Å². The second-order valence-electron chi connectivity index (χ2n) is 6.56. The van der Waals surface area contributed by atoms with Crippen LogP contribution in [0.3, 0.4) is 0 Å². The van der Waals surface area contributed by atoms with E-state index < -0.39 is 5.60 Å². The van der Waals surface area contributed by atoms with Gasteiger partial charge in [-0.25, -0.2) is 4.79 Å². The topological polar surface area (TPSA) is 70.6 Å². The fourth-order valence-corrected chi connectivity index (χ4v) is 2.25. The molecular formula is C16H24N2O3. The molecule has 5 heteroatoms. The molecule has 3 N–H and O–H groups in total. The summed E-state index contributed by atoms with van der Waals surface area (Å²) in [5.41, 5.74) is 0.681. The minimum atomic E-state index is -0.454. The number of hydrogen-bond donors (Lipinski definition) is 3. The van der Waals surface area contributed by atoms with Gasteiger partial charge in [0.1, 0.15) is 11.4 Å². The van der Waals surface area contributed by atoms with Crippen molar-refractivity contribution in [2.45, 2.75) is 57.8 Å². The number of amides is 1. The maximum Gasteiger partial charge on any atom is 0.407 e. The molecule has 1 aliphatic carbocycles. The molecule has 0 radical (unpaired) electrons. The summed E-state index contributed by atoms with van der Waals surface area (Å²) < 4.78 is 5.23. The molecule has 0 saturated heterocycles. The van der Waals surface area contributed by atoms with Crippen LogP contribution in [0.25, 0.3) is 0 Å². The van der Waals surface area contributed by atoms with E-state index in [1.54, 1.807) is 12.1 Å². The molecule has 1 fully saturated rings. The van der Waals surface area contributed by atoms with Crippen LogP contribution in [-0.4, -0.2) is 28.9 Å². The van der Waals surface area contributed by atoms with Crippen molar-refractivity contribution in [3.05, 3.63) is 29.8 Å². The number of alkyl carbamates (subject to hydrolysis) is 1. The zero-order chi connectivity index (χ0) is 15.5. The molecule has 21 heavy (non-hydrogen) atoms. The average Bonchev–Trinajstić information content (AvgIpc) is 2.31. The largest absolute Gasteiger partial charge is 0.508 e. The molecule has 1 aliphatic rings. The van der Waals surface area contributed by atoms with Crippen molar-refractivity contribution >= 4 is 6.09 Å². The fourth-order valence-electron chi connectivity index (χ4n) is 2.25. The predicted octanol–water partition coefficient (Wildman–Crippen LogP) is 2.54. The third-order valence-electron chi connectivity index (χ3n) is 3.39. The van der Waals surface area contributed by atoms with E-state index in [2.05, 4.69) is 10.6 Å². The molecule has 0 atom stereocenters. The van der Waals surface area contributed by atoms with Crippen LogP contribution in [0.1, 0.15) is 39.2 Å². The molecule has 2 rings (SSSR count). The van der Waals surface area contributed by atoms with Crippen molar-refractivity contribution in [2.24, 2.45) is 0 Å². The quantitative estimate of drug-likeness (QED) is 0.797. The molecule has 0 heterocycles. The molecule has 1 amide bonds. The second-order valence-corrected chi connectivity index (χ2v) is 6.56. The third kappa shape index (κ3) is 5.27. The Morgan fingerprint density at radius 3 is 2.43 bits per heavy atom. The first kappa shape index (κ1) is 15.6. The number of phenolic OH excluding ortho intramolecular Hbond substituents is 1.